The molecule has 4 aromatic rings. The minimum atomic E-state index is -0.160. The second kappa shape index (κ2) is 8.35. The van der Waals surface area contributed by atoms with E-state index < -0.39 is 0 Å². The van der Waals surface area contributed by atoms with Crippen molar-refractivity contribution in [3.63, 3.8) is 0 Å². The average molecular weight is 372 g/mol. The van der Waals surface area contributed by atoms with Crippen LogP contribution in [0, 0.1) is 0 Å². The molecule has 0 saturated carbocycles. The van der Waals surface area contributed by atoms with E-state index in [0.717, 1.165) is 22.3 Å². The Labute approximate surface area is 162 Å². The zero-order chi connectivity index (χ0) is 19.2. The Morgan fingerprint density at radius 1 is 0.964 bits per heavy atom. The summed E-state index contributed by atoms with van der Waals surface area (Å²) in [6.07, 6.45) is 5.34. The Hall–Kier alpha value is -3.67. The Morgan fingerprint density at radius 2 is 1.82 bits per heavy atom. The van der Waals surface area contributed by atoms with Gasteiger partial charge in [-0.3, -0.25) is 9.78 Å². The van der Waals surface area contributed by atoms with Gasteiger partial charge in [0.1, 0.15) is 11.4 Å². The van der Waals surface area contributed by atoms with Crippen LogP contribution in [0.1, 0.15) is 0 Å². The molecule has 0 fully saturated rings. The maximum absolute atomic E-state index is 12.1. The minimum Gasteiger partial charge on any atom is -0.484 e. The molecule has 0 aliphatic heterocycles. The summed E-state index contributed by atoms with van der Waals surface area (Å²) < 4.78 is 7.58. The number of carbonyl (C=O) groups is 1. The molecule has 28 heavy (non-hydrogen) atoms. The second-order valence-electron chi connectivity index (χ2n) is 6.31. The van der Waals surface area contributed by atoms with Crippen molar-refractivity contribution in [1.82, 2.24) is 19.9 Å². The van der Waals surface area contributed by atoms with Gasteiger partial charge in [-0.2, -0.15) is 0 Å². The lowest BCUT2D eigenvalue weighted by Crippen LogP contribution is -2.31. The first kappa shape index (κ1) is 17.7. The lowest BCUT2D eigenvalue weighted by molar-refractivity contribution is -0.123. The van der Waals surface area contributed by atoms with Crippen LogP contribution >= 0.6 is 0 Å². The predicted molar refractivity (Wildman–Crippen MR) is 108 cm³/mol. The van der Waals surface area contributed by atoms with Crippen molar-refractivity contribution in [2.75, 3.05) is 13.2 Å². The SMILES string of the molecule is O=C(COc1ccc2ccccc2c1)NCCn1ccnc1-c1ccccn1. The number of hydrogen-bond acceptors (Lipinski definition) is 4. The van der Waals surface area contributed by atoms with Gasteiger partial charge in [0.05, 0.1) is 0 Å². The standard InChI is InChI=1S/C22H20N4O2/c27-21(16-28-19-9-8-17-5-1-2-6-18(17)15-19)24-11-13-26-14-12-25-22(26)20-7-3-4-10-23-20/h1-10,12,14-15H,11,13,16H2,(H,24,27). The van der Waals surface area contributed by atoms with Crippen LogP contribution in [0.5, 0.6) is 5.75 Å². The van der Waals surface area contributed by atoms with Crippen molar-refractivity contribution in [3.05, 3.63) is 79.3 Å². The van der Waals surface area contributed by atoms with Crippen LogP contribution in [0.3, 0.4) is 0 Å². The number of benzene rings is 2. The highest BCUT2D eigenvalue weighted by Crippen LogP contribution is 2.20. The molecular weight excluding hydrogens is 352 g/mol. The van der Waals surface area contributed by atoms with Gasteiger partial charge < -0.3 is 14.6 Å². The predicted octanol–water partition coefficient (Wildman–Crippen LogP) is 3.29. The number of carbonyl (C=O) groups excluding carboxylic acids is 1. The van der Waals surface area contributed by atoms with Crippen LogP contribution in [0.15, 0.2) is 79.3 Å². The number of rotatable bonds is 7. The van der Waals surface area contributed by atoms with Gasteiger partial charge in [-0.15, -0.1) is 0 Å². The van der Waals surface area contributed by atoms with E-state index in [0.29, 0.717) is 18.8 Å². The van der Waals surface area contributed by atoms with E-state index in [1.807, 2.05) is 71.4 Å². The van der Waals surface area contributed by atoms with Gasteiger partial charge in [0, 0.05) is 31.7 Å². The van der Waals surface area contributed by atoms with E-state index >= 15 is 0 Å². The number of nitrogens with one attached hydrogen (secondary N) is 1. The molecule has 2 heterocycles. The fourth-order valence-corrected chi connectivity index (χ4v) is 2.99. The van der Waals surface area contributed by atoms with Crippen LogP contribution in [-0.4, -0.2) is 33.6 Å². The maximum atomic E-state index is 12.1. The van der Waals surface area contributed by atoms with E-state index in [4.69, 9.17) is 4.74 Å². The molecule has 0 saturated heterocycles. The first-order valence-electron chi connectivity index (χ1n) is 9.10. The first-order valence-corrected chi connectivity index (χ1v) is 9.10. The van der Waals surface area contributed by atoms with E-state index in [2.05, 4.69) is 15.3 Å². The van der Waals surface area contributed by atoms with Crippen LogP contribution in [0.4, 0.5) is 0 Å². The molecule has 0 aliphatic carbocycles. The summed E-state index contributed by atoms with van der Waals surface area (Å²) in [6, 6.07) is 19.5. The normalized spacial score (nSPS) is 10.7. The Balaban J connectivity index is 1.28. The molecule has 0 spiro atoms. The monoisotopic (exact) mass is 372 g/mol. The maximum Gasteiger partial charge on any atom is 0.258 e. The molecule has 0 unspecified atom stereocenters. The smallest absolute Gasteiger partial charge is 0.258 e. The first-order chi connectivity index (χ1) is 13.8. The van der Waals surface area contributed by atoms with E-state index in [1.165, 1.54) is 0 Å². The molecular formula is C22H20N4O2. The summed E-state index contributed by atoms with van der Waals surface area (Å²) in [5.41, 5.74) is 0.804. The van der Waals surface area contributed by atoms with E-state index in [1.54, 1.807) is 12.4 Å². The van der Waals surface area contributed by atoms with Crippen molar-refractivity contribution in [2.24, 2.45) is 0 Å². The number of hydrogen-bond donors (Lipinski definition) is 1. The zero-order valence-corrected chi connectivity index (χ0v) is 15.3. The Kier molecular flexibility index (Phi) is 5.29. The minimum absolute atomic E-state index is 0.0185. The Morgan fingerprint density at radius 3 is 2.68 bits per heavy atom. The van der Waals surface area contributed by atoms with Gasteiger partial charge in [0.25, 0.3) is 5.91 Å². The fraction of sp³-hybridized carbons (Fsp3) is 0.136. The topological polar surface area (TPSA) is 69.0 Å². The lowest BCUT2D eigenvalue weighted by atomic mass is 10.1. The molecule has 0 atom stereocenters. The number of nitrogens with zero attached hydrogens (tertiary/aromatic N) is 3. The molecule has 0 bridgehead atoms. The fourth-order valence-electron chi connectivity index (χ4n) is 2.99. The molecule has 0 aliphatic rings. The van der Waals surface area contributed by atoms with Crippen LogP contribution < -0.4 is 10.1 Å². The number of fused-ring (bicyclic) bond motifs is 1. The molecule has 0 radical (unpaired) electrons. The van der Waals surface area contributed by atoms with Crippen molar-refractivity contribution >= 4 is 16.7 Å². The van der Waals surface area contributed by atoms with Crippen molar-refractivity contribution in [1.29, 1.82) is 0 Å². The molecule has 6 nitrogen and oxygen atoms in total. The number of pyridine rings is 1. The lowest BCUT2D eigenvalue weighted by Gasteiger charge is -2.10. The molecule has 1 N–H and O–H groups in total. The summed E-state index contributed by atoms with van der Waals surface area (Å²) in [5, 5.41) is 5.10. The highest BCUT2D eigenvalue weighted by atomic mass is 16.5. The molecule has 2 aromatic heterocycles. The van der Waals surface area contributed by atoms with Crippen molar-refractivity contribution in [2.45, 2.75) is 6.54 Å². The summed E-state index contributed by atoms with van der Waals surface area (Å²) >= 11 is 0. The largest absolute Gasteiger partial charge is 0.484 e. The number of ether oxygens (including phenoxy) is 1. The third-order valence-corrected chi connectivity index (χ3v) is 4.38. The van der Waals surface area contributed by atoms with Gasteiger partial charge in [0.2, 0.25) is 0 Å². The molecule has 4 rings (SSSR count). The van der Waals surface area contributed by atoms with E-state index in [-0.39, 0.29) is 12.5 Å². The van der Waals surface area contributed by atoms with Crippen molar-refractivity contribution < 1.29 is 9.53 Å². The summed E-state index contributed by atoms with van der Waals surface area (Å²) in [4.78, 5) is 20.8. The number of amides is 1. The van der Waals surface area contributed by atoms with Gasteiger partial charge in [-0.05, 0) is 35.0 Å². The summed E-state index contributed by atoms with van der Waals surface area (Å²) in [5.74, 6) is 1.30. The molecule has 140 valence electrons. The second-order valence-corrected chi connectivity index (χ2v) is 6.31. The highest BCUT2D eigenvalue weighted by Gasteiger charge is 2.08. The number of aromatic nitrogens is 3. The average Bonchev–Trinajstić information content (AvgIpc) is 3.21. The summed E-state index contributed by atoms with van der Waals surface area (Å²) in [7, 11) is 0. The van der Waals surface area contributed by atoms with Gasteiger partial charge in [-0.25, -0.2) is 4.98 Å². The quantitative estimate of drug-likeness (QED) is 0.540. The molecule has 2 aromatic carbocycles. The number of imidazole rings is 1. The molecule has 1 amide bonds. The van der Waals surface area contributed by atoms with Gasteiger partial charge >= 0.3 is 0 Å². The van der Waals surface area contributed by atoms with Gasteiger partial charge in [0.15, 0.2) is 12.4 Å². The van der Waals surface area contributed by atoms with Crippen LogP contribution in [-0.2, 0) is 11.3 Å². The van der Waals surface area contributed by atoms with Crippen LogP contribution in [0.25, 0.3) is 22.3 Å². The van der Waals surface area contributed by atoms with Gasteiger partial charge in [-0.1, -0.05) is 36.4 Å². The van der Waals surface area contributed by atoms with E-state index in [9.17, 15) is 4.79 Å². The highest BCUT2D eigenvalue weighted by molar-refractivity contribution is 5.84. The zero-order valence-electron chi connectivity index (χ0n) is 15.3. The summed E-state index contributed by atoms with van der Waals surface area (Å²) in [6.45, 7) is 1.07. The molecule has 6 heteroatoms. The Bertz CT molecular complexity index is 1080. The van der Waals surface area contributed by atoms with Crippen LogP contribution in [0.2, 0.25) is 0 Å². The van der Waals surface area contributed by atoms with Crippen molar-refractivity contribution in [3.8, 4) is 17.3 Å². The third kappa shape index (κ3) is 4.17. The third-order valence-electron chi connectivity index (χ3n) is 4.38.